The molecule has 0 saturated carbocycles. The second kappa shape index (κ2) is 32.8. The van der Waals surface area contributed by atoms with Gasteiger partial charge in [-0.1, -0.05) is 91.5 Å². The van der Waals surface area contributed by atoms with Crippen molar-refractivity contribution in [2.24, 2.45) is 0 Å². The fourth-order valence-electron chi connectivity index (χ4n) is 7.32. The molecule has 0 bridgehead atoms. The minimum absolute atomic E-state index is 0.0508. The van der Waals surface area contributed by atoms with E-state index < -0.39 is 76.8 Å². The van der Waals surface area contributed by atoms with Crippen molar-refractivity contribution in [2.75, 3.05) is 49.1 Å². The molecule has 0 heterocycles. The van der Waals surface area contributed by atoms with Crippen molar-refractivity contribution in [1.29, 1.82) is 10.5 Å². The van der Waals surface area contributed by atoms with Crippen LogP contribution in [0.4, 0.5) is 25.8 Å². The highest BCUT2D eigenvalue weighted by atomic mass is 16.5. The van der Waals surface area contributed by atoms with Gasteiger partial charge in [-0.2, -0.15) is 10.5 Å². The molecule has 5 rings (SSSR count). The summed E-state index contributed by atoms with van der Waals surface area (Å²) >= 11 is 0. The monoisotopic (exact) mass is 1110 g/mol. The Hall–Kier alpha value is -9.81. The van der Waals surface area contributed by atoms with E-state index >= 15 is 0 Å². The Balaban J connectivity index is 0.000000420. The van der Waals surface area contributed by atoms with Crippen LogP contribution in [-0.4, -0.2) is 116 Å². The number of benzene rings is 4. The third-order valence-electron chi connectivity index (χ3n) is 11.0. The molecule has 2 atom stereocenters. The Kier molecular flexibility index (Phi) is 26.5. The third kappa shape index (κ3) is 23.0. The SMILES string of the molecule is C=CC#N.C[C@H](NC(=O)C(=O)NC(C)(C)C)C(=O)NNC(=O)N(CCNC(=O)OCC1c2ccccc2-c2ccccc21)c1ccccc1.C[C@H](NC(=O)C(=O)NC(C)(C)C)C(=O)NNC(=O)N(CCNCCC#N)c1ccccc1. The Labute approximate surface area is 471 Å². The highest BCUT2D eigenvalue weighted by Gasteiger charge is 2.30. The topological polar surface area (TPSA) is 337 Å². The van der Waals surface area contributed by atoms with E-state index in [0.717, 1.165) is 22.3 Å². The first kappa shape index (κ1) is 65.5. The van der Waals surface area contributed by atoms with Gasteiger partial charge >= 0.3 is 41.8 Å². The highest BCUT2D eigenvalue weighted by Crippen LogP contribution is 2.44. The van der Waals surface area contributed by atoms with Crippen LogP contribution in [0.2, 0.25) is 0 Å². The number of alkyl carbamates (subject to hydrolysis) is 1. The maximum absolute atomic E-state index is 13.1. The van der Waals surface area contributed by atoms with Crippen molar-refractivity contribution in [3.05, 3.63) is 133 Å². The maximum Gasteiger partial charge on any atom is 0.407 e. The van der Waals surface area contributed by atoms with Crippen LogP contribution >= 0.6 is 0 Å². The smallest absolute Gasteiger partial charge is 0.407 e. The number of carbonyl (C=O) groups excluding carboxylic acids is 9. The number of amides is 11. The Morgan fingerprint density at radius 1 is 0.580 bits per heavy atom. The van der Waals surface area contributed by atoms with Gasteiger partial charge in [-0.3, -0.25) is 49.4 Å². The summed E-state index contributed by atoms with van der Waals surface area (Å²) in [5.41, 5.74) is 13.5. The molecule has 81 heavy (non-hydrogen) atoms. The van der Waals surface area contributed by atoms with Crippen LogP contribution < -0.4 is 63.4 Å². The number of carbonyl (C=O) groups is 9. The molecule has 0 saturated heterocycles. The second-order valence-corrected chi connectivity index (χ2v) is 19.9. The lowest BCUT2D eigenvalue weighted by Gasteiger charge is -2.24. The van der Waals surface area contributed by atoms with E-state index in [9.17, 15) is 43.2 Å². The number of fused-ring (bicyclic) bond motifs is 3. The molecule has 0 fully saturated rings. The van der Waals surface area contributed by atoms with Gasteiger partial charge in [0.05, 0.1) is 12.1 Å². The zero-order chi connectivity index (χ0) is 60.1. The second-order valence-electron chi connectivity index (χ2n) is 19.9. The van der Waals surface area contributed by atoms with Crippen LogP contribution in [0, 0.1) is 22.7 Å². The van der Waals surface area contributed by atoms with E-state index in [1.807, 2.05) is 48.5 Å². The number of anilines is 2. The highest BCUT2D eigenvalue weighted by molar-refractivity contribution is 6.36. The third-order valence-corrected chi connectivity index (χ3v) is 11.0. The molecule has 0 spiro atoms. The minimum Gasteiger partial charge on any atom is -0.449 e. The van der Waals surface area contributed by atoms with Crippen molar-refractivity contribution in [2.45, 2.75) is 90.9 Å². The molecule has 430 valence electrons. The molecule has 0 aliphatic heterocycles. The van der Waals surface area contributed by atoms with Crippen LogP contribution in [0.25, 0.3) is 11.1 Å². The molecule has 1 aliphatic carbocycles. The van der Waals surface area contributed by atoms with E-state index in [2.05, 4.69) is 72.3 Å². The number of nitriles is 2. The molecule has 1 aliphatic rings. The molecule has 0 unspecified atom stereocenters. The van der Waals surface area contributed by atoms with Gasteiger partial charge in [0.2, 0.25) is 0 Å². The largest absolute Gasteiger partial charge is 0.449 e. The number of hydrogen-bond acceptors (Lipinski definition) is 13. The number of nitrogens with one attached hydrogen (secondary N) is 10. The lowest BCUT2D eigenvalue weighted by molar-refractivity contribution is -0.141. The van der Waals surface area contributed by atoms with Crippen molar-refractivity contribution >= 4 is 65.0 Å². The molecular weight excluding hydrogens is 1040 g/mol. The number of urea groups is 2. The number of ether oxygens (including phenoxy) is 1. The first-order chi connectivity index (χ1) is 38.4. The predicted octanol–water partition coefficient (Wildman–Crippen LogP) is 4.04. The van der Waals surface area contributed by atoms with E-state index in [4.69, 9.17) is 15.3 Å². The first-order valence-corrected chi connectivity index (χ1v) is 25.7. The number of hydrogen-bond donors (Lipinski definition) is 10. The first-order valence-electron chi connectivity index (χ1n) is 25.7. The van der Waals surface area contributed by atoms with E-state index in [-0.39, 0.29) is 32.2 Å². The predicted molar refractivity (Wildman–Crippen MR) is 304 cm³/mol. The maximum atomic E-state index is 13.1. The van der Waals surface area contributed by atoms with Gasteiger partial charge in [-0.05, 0) is 102 Å². The van der Waals surface area contributed by atoms with Crippen molar-refractivity contribution < 1.29 is 47.9 Å². The van der Waals surface area contributed by atoms with Gasteiger partial charge < -0.3 is 36.6 Å². The summed E-state index contributed by atoms with van der Waals surface area (Å²) in [4.78, 5) is 114. The fourth-order valence-corrected chi connectivity index (χ4v) is 7.32. The van der Waals surface area contributed by atoms with Gasteiger partial charge in [-0.15, -0.1) is 0 Å². The number of para-hydroxylation sites is 2. The van der Waals surface area contributed by atoms with Crippen molar-refractivity contribution in [1.82, 2.24) is 53.6 Å². The van der Waals surface area contributed by atoms with E-state index in [1.165, 1.54) is 29.7 Å². The molecule has 24 heteroatoms. The average Bonchev–Trinajstić information content (AvgIpc) is 3.90. The van der Waals surface area contributed by atoms with Crippen LogP contribution in [0.1, 0.15) is 78.9 Å². The van der Waals surface area contributed by atoms with Gasteiger partial charge in [0, 0.05) is 73.6 Å². The van der Waals surface area contributed by atoms with Crippen LogP contribution in [0.5, 0.6) is 0 Å². The lowest BCUT2D eigenvalue weighted by atomic mass is 9.98. The summed E-state index contributed by atoms with van der Waals surface area (Å²) in [5, 5.41) is 31.4. The summed E-state index contributed by atoms with van der Waals surface area (Å²) in [5.74, 6) is -5.21. The van der Waals surface area contributed by atoms with Crippen molar-refractivity contribution in [3.63, 3.8) is 0 Å². The molecule has 4 aromatic rings. The number of rotatable bonds is 16. The molecule has 10 N–H and O–H groups in total. The quantitative estimate of drug-likeness (QED) is 0.0328. The van der Waals surface area contributed by atoms with Crippen LogP contribution in [0.3, 0.4) is 0 Å². The molecular formula is C57H72N14O10. The van der Waals surface area contributed by atoms with E-state index in [1.54, 1.807) is 102 Å². The molecule has 4 aromatic carbocycles. The van der Waals surface area contributed by atoms with Gasteiger partial charge in [-0.25, -0.2) is 25.2 Å². The Morgan fingerprint density at radius 2 is 0.975 bits per heavy atom. The number of allylic oxidation sites excluding steroid dienone is 1. The van der Waals surface area contributed by atoms with Gasteiger partial charge in [0.15, 0.2) is 0 Å². The van der Waals surface area contributed by atoms with Crippen LogP contribution in [-0.2, 0) is 33.5 Å². The standard InChI is InChI=1S/C33H38N6O6.C21H31N7O4.C3H3N/c1-21(35-29(41)30(42)36-33(2,3)4)28(40)37-38-31(43)39(22-12-6-5-7-13-22)19-18-34-32(44)45-20-27-25-16-10-8-14-23(25)24-15-9-11-17-26(24)27;1-15(24-18(30)19(31)25-21(2,3)4)17(29)26-27-20(32)28(14-13-23-12-8-11-22)16-9-6-5-7-10-16;1-2-3-4/h5-17,21,27H,18-20H2,1-4H3,(H,34,44)(H,35,41)(H,36,42)(H,37,40)(H,38,43);5-7,9-10,15,23H,8,12-14H2,1-4H3,(H,24,30)(H,25,31)(H,26,29)(H,27,32);2H,1H2/t21-;15-;/m00./s1. The van der Waals surface area contributed by atoms with Gasteiger partial charge in [0.25, 0.3) is 11.8 Å². The summed E-state index contributed by atoms with van der Waals surface area (Å²) in [6.45, 7) is 17.7. The summed E-state index contributed by atoms with van der Waals surface area (Å²) in [7, 11) is 0. The molecule has 11 amide bonds. The van der Waals surface area contributed by atoms with Gasteiger partial charge in [0.1, 0.15) is 18.7 Å². The zero-order valence-electron chi connectivity index (χ0n) is 46.7. The average molecular weight is 1110 g/mol. The Bertz CT molecular complexity index is 2850. The summed E-state index contributed by atoms with van der Waals surface area (Å²) in [6, 6.07) is 33.9. The lowest BCUT2D eigenvalue weighted by Crippen LogP contribution is -2.57. The summed E-state index contributed by atoms with van der Waals surface area (Å²) in [6.07, 6.45) is 0.906. The summed E-state index contributed by atoms with van der Waals surface area (Å²) < 4.78 is 5.58. The number of nitrogens with zero attached hydrogens (tertiary/aromatic N) is 4. The molecule has 0 radical (unpaired) electrons. The van der Waals surface area contributed by atoms with E-state index in [0.29, 0.717) is 30.9 Å². The minimum atomic E-state index is -1.12. The zero-order valence-corrected chi connectivity index (χ0v) is 46.7. The molecule has 0 aromatic heterocycles. The normalized spacial score (nSPS) is 11.7. The molecule has 24 nitrogen and oxygen atoms in total. The van der Waals surface area contributed by atoms with Crippen molar-refractivity contribution in [3.8, 4) is 23.3 Å². The fraction of sp³-hybridized carbons (Fsp3) is 0.351. The van der Waals surface area contributed by atoms with Crippen LogP contribution in [0.15, 0.2) is 122 Å². The Morgan fingerprint density at radius 3 is 1.37 bits per heavy atom. The number of hydrazine groups is 2.